The molecule has 3 rings (SSSR count). The minimum Gasteiger partial charge on any atom is -0.497 e. The average molecular weight is 413 g/mol. The van der Waals surface area contributed by atoms with Crippen molar-refractivity contribution in [3.8, 4) is 27.8 Å². The molecule has 0 aliphatic rings. The van der Waals surface area contributed by atoms with Crippen molar-refractivity contribution in [3.05, 3.63) is 53.5 Å². The zero-order chi connectivity index (χ0) is 20.8. The van der Waals surface area contributed by atoms with E-state index >= 15 is 0 Å². The monoisotopic (exact) mass is 412 g/mol. The molecular formula is C22H24N2O4S. The highest BCUT2D eigenvalue weighted by Gasteiger charge is 2.14. The van der Waals surface area contributed by atoms with Crippen molar-refractivity contribution in [1.82, 2.24) is 4.98 Å². The van der Waals surface area contributed by atoms with Gasteiger partial charge >= 0.3 is 0 Å². The first-order valence-electron chi connectivity index (χ1n) is 9.22. The molecule has 0 aliphatic carbocycles. The smallest absolute Gasteiger partial charge is 0.275 e. The molecule has 7 heteroatoms. The lowest BCUT2D eigenvalue weighted by molar-refractivity contribution is 0.102. The lowest BCUT2D eigenvalue weighted by Gasteiger charge is -2.13. The minimum absolute atomic E-state index is 0.262. The van der Waals surface area contributed by atoms with Gasteiger partial charge in [0.1, 0.15) is 16.5 Å². The fraction of sp³-hybridized carbons (Fsp3) is 0.273. The van der Waals surface area contributed by atoms with Gasteiger partial charge in [-0.2, -0.15) is 0 Å². The molecule has 1 heterocycles. The summed E-state index contributed by atoms with van der Waals surface area (Å²) in [6, 6.07) is 12.8. The molecule has 0 radical (unpaired) electrons. The standard InChI is InChI=1S/C22H24N2O4S/c1-14(2)12-28-19-10-5-15(11-20(19)27-4)22-24-18(13-29-22)21(25)23-16-6-8-17(26-3)9-7-16/h5-11,13-14H,12H2,1-4H3,(H,23,25). The van der Waals surface area contributed by atoms with Crippen LogP contribution >= 0.6 is 11.3 Å². The summed E-state index contributed by atoms with van der Waals surface area (Å²) in [6.45, 7) is 4.80. The molecule has 0 saturated heterocycles. The maximum atomic E-state index is 12.5. The maximum Gasteiger partial charge on any atom is 0.275 e. The van der Waals surface area contributed by atoms with E-state index in [0.717, 1.165) is 16.3 Å². The van der Waals surface area contributed by atoms with Crippen molar-refractivity contribution in [2.24, 2.45) is 5.92 Å². The molecule has 1 amide bonds. The molecule has 3 aromatic rings. The van der Waals surface area contributed by atoms with Gasteiger partial charge in [-0.05, 0) is 48.4 Å². The summed E-state index contributed by atoms with van der Waals surface area (Å²) in [4.78, 5) is 17.0. The van der Waals surface area contributed by atoms with Gasteiger partial charge in [0.25, 0.3) is 5.91 Å². The normalized spacial score (nSPS) is 10.7. The highest BCUT2D eigenvalue weighted by atomic mass is 32.1. The number of anilines is 1. The third-order valence-corrected chi connectivity index (χ3v) is 4.96. The molecule has 0 aliphatic heterocycles. The molecule has 0 atom stereocenters. The Morgan fingerprint density at radius 2 is 1.83 bits per heavy atom. The zero-order valence-corrected chi connectivity index (χ0v) is 17.7. The number of carbonyl (C=O) groups excluding carboxylic acids is 1. The molecule has 2 aromatic carbocycles. The summed E-state index contributed by atoms with van der Waals surface area (Å²) in [7, 11) is 3.21. The van der Waals surface area contributed by atoms with Crippen LogP contribution in [0.5, 0.6) is 17.2 Å². The van der Waals surface area contributed by atoms with Gasteiger partial charge in [0, 0.05) is 16.6 Å². The van der Waals surface area contributed by atoms with E-state index in [1.165, 1.54) is 11.3 Å². The van der Waals surface area contributed by atoms with Crippen LogP contribution in [-0.2, 0) is 0 Å². The van der Waals surface area contributed by atoms with Gasteiger partial charge < -0.3 is 19.5 Å². The van der Waals surface area contributed by atoms with Crippen LogP contribution in [0.3, 0.4) is 0 Å². The quantitative estimate of drug-likeness (QED) is 0.556. The summed E-state index contributed by atoms with van der Waals surface area (Å²) < 4.78 is 16.4. The lowest BCUT2D eigenvalue weighted by Crippen LogP contribution is -2.12. The number of nitrogens with one attached hydrogen (secondary N) is 1. The largest absolute Gasteiger partial charge is 0.497 e. The van der Waals surface area contributed by atoms with E-state index < -0.39 is 0 Å². The Bertz CT molecular complexity index is 967. The molecule has 152 valence electrons. The Hall–Kier alpha value is -3.06. The van der Waals surface area contributed by atoms with Crippen LogP contribution in [0.1, 0.15) is 24.3 Å². The Balaban J connectivity index is 1.73. The number of aromatic nitrogens is 1. The van der Waals surface area contributed by atoms with Gasteiger partial charge in [0.05, 0.1) is 20.8 Å². The molecule has 29 heavy (non-hydrogen) atoms. The van der Waals surface area contributed by atoms with E-state index in [2.05, 4.69) is 24.1 Å². The fourth-order valence-corrected chi connectivity index (χ4v) is 3.35. The van der Waals surface area contributed by atoms with Gasteiger partial charge in [0.15, 0.2) is 11.5 Å². The summed E-state index contributed by atoms with van der Waals surface area (Å²) in [5, 5.41) is 5.31. The van der Waals surface area contributed by atoms with Crippen LogP contribution in [0.25, 0.3) is 10.6 Å². The second-order valence-electron chi connectivity index (χ2n) is 6.79. The molecule has 1 N–H and O–H groups in total. The molecule has 0 fully saturated rings. The van der Waals surface area contributed by atoms with Crippen molar-refractivity contribution in [3.63, 3.8) is 0 Å². The Labute approximate surface area is 174 Å². The van der Waals surface area contributed by atoms with E-state index in [0.29, 0.717) is 35.4 Å². The Morgan fingerprint density at radius 3 is 2.48 bits per heavy atom. The summed E-state index contributed by atoms with van der Waals surface area (Å²) in [5.74, 6) is 2.22. The van der Waals surface area contributed by atoms with Crippen LogP contribution in [0.4, 0.5) is 5.69 Å². The van der Waals surface area contributed by atoms with Crippen molar-refractivity contribution < 1.29 is 19.0 Å². The second kappa shape index (κ2) is 9.43. The van der Waals surface area contributed by atoms with Crippen LogP contribution in [0, 0.1) is 5.92 Å². The van der Waals surface area contributed by atoms with Gasteiger partial charge in [0.2, 0.25) is 0 Å². The Kier molecular flexibility index (Phi) is 6.72. The molecule has 0 spiro atoms. The molecule has 0 saturated carbocycles. The predicted octanol–water partition coefficient (Wildman–Crippen LogP) is 5.11. The first-order chi connectivity index (χ1) is 14.0. The van der Waals surface area contributed by atoms with Crippen molar-refractivity contribution in [2.75, 3.05) is 26.1 Å². The maximum absolute atomic E-state index is 12.5. The first-order valence-corrected chi connectivity index (χ1v) is 10.1. The van der Waals surface area contributed by atoms with Gasteiger partial charge in [-0.25, -0.2) is 4.98 Å². The summed E-state index contributed by atoms with van der Waals surface area (Å²) >= 11 is 1.40. The molecule has 1 aromatic heterocycles. The fourth-order valence-electron chi connectivity index (χ4n) is 2.56. The van der Waals surface area contributed by atoms with E-state index in [-0.39, 0.29) is 5.91 Å². The predicted molar refractivity (Wildman–Crippen MR) is 115 cm³/mol. The summed E-state index contributed by atoms with van der Waals surface area (Å²) in [5.41, 5.74) is 1.91. The number of hydrogen-bond donors (Lipinski definition) is 1. The van der Waals surface area contributed by atoms with Crippen LogP contribution in [-0.4, -0.2) is 31.7 Å². The number of nitrogens with zero attached hydrogens (tertiary/aromatic N) is 1. The van der Waals surface area contributed by atoms with E-state index in [9.17, 15) is 4.79 Å². The average Bonchev–Trinajstić information content (AvgIpc) is 3.23. The number of carbonyl (C=O) groups is 1. The zero-order valence-electron chi connectivity index (χ0n) is 16.9. The number of hydrogen-bond acceptors (Lipinski definition) is 6. The van der Waals surface area contributed by atoms with E-state index in [4.69, 9.17) is 14.2 Å². The van der Waals surface area contributed by atoms with Crippen molar-refractivity contribution in [1.29, 1.82) is 0 Å². The molecule has 0 bridgehead atoms. The second-order valence-corrected chi connectivity index (χ2v) is 7.65. The third kappa shape index (κ3) is 5.26. The highest BCUT2D eigenvalue weighted by Crippen LogP contribution is 2.34. The molecule has 0 unspecified atom stereocenters. The van der Waals surface area contributed by atoms with E-state index in [1.807, 2.05) is 18.2 Å². The van der Waals surface area contributed by atoms with Gasteiger partial charge in [-0.15, -0.1) is 11.3 Å². The first kappa shape index (κ1) is 20.7. The van der Waals surface area contributed by atoms with Gasteiger partial charge in [-0.3, -0.25) is 4.79 Å². The van der Waals surface area contributed by atoms with Gasteiger partial charge in [-0.1, -0.05) is 13.8 Å². The molecule has 6 nitrogen and oxygen atoms in total. The number of amides is 1. The number of rotatable bonds is 8. The van der Waals surface area contributed by atoms with Crippen LogP contribution in [0.15, 0.2) is 47.8 Å². The molecular weight excluding hydrogens is 388 g/mol. The third-order valence-electron chi connectivity index (χ3n) is 4.07. The van der Waals surface area contributed by atoms with Crippen molar-refractivity contribution in [2.45, 2.75) is 13.8 Å². The number of methoxy groups -OCH3 is 2. The van der Waals surface area contributed by atoms with Crippen LogP contribution in [0.2, 0.25) is 0 Å². The topological polar surface area (TPSA) is 69.7 Å². The lowest BCUT2D eigenvalue weighted by atomic mass is 10.2. The Morgan fingerprint density at radius 1 is 1.07 bits per heavy atom. The number of benzene rings is 2. The SMILES string of the molecule is COc1ccc(NC(=O)c2csc(-c3ccc(OCC(C)C)c(OC)c3)n2)cc1. The minimum atomic E-state index is -0.262. The van der Waals surface area contributed by atoms with Crippen LogP contribution < -0.4 is 19.5 Å². The summed E-state index contributed by atoms with van der Waals surface area (Å²) in [6.07, 6.45) is 0. The number of ether oxygens (including phenoxy) is 3. The number of thiazole rings is 1. The highest BCUT2D eigenvalue weighted by molar-refractivity contribution is 7.13. The van der Waals surface area contributed by atoms with E-state index in [1.54, 1.807) is 43.9 Å². The van der Waals surface area contributed by atoms with Crippen molar-refractivity contribution >= 4 is 22.9 Å².